The zero-order valence-electron chi connectivity index (χ0n) is 21.0. The van der Waals surface area contributed by atoms with Gasteiger partial charge in [-0.25, -0.2) is 8.42 Å². The van der Waals surface area contributed by atoms with E-state index >= 15 is 0 Å². The number of carbonyl (C=O) groups is 2. The number of carbonyl (C=O) groups excluding carboxylic acids is 2. The zero-order valence-corrected chi connectivity index (χ0v) is 23.4. The summed E-state index contributed by atoms with van der Waals surface area (Å²) in [6.45, 7) is 2.15. The molecule has 0 aromatic heterocycles. The molecule has 0 saturated heterocycles. The summed E-state index contributed by atoms with van der Waals surface area (Å²) >= 11 is 3.47. The van der Waals surface area contributed by atoms with Crippen LogP contribution in [-0.2, 0) is 32.6 Å². The van der Waals surface area contributed by atoms with Crippen molar-refractivity contribution in [2.45, 2.75) is 32.4 Å². The van der Waals surface area contributed by atoms with Crippen molar-refractivity contribution in [2.24, 2.45) is 0 Å². The van der Waals surface area contributed by atoms with Crippen molar-refractivity contribution in [3.05, 3.63) is 101 Å². The summed E-state index contributed by atoms with van der Waals surface area (Å²) in [5, 5.41) is 2.93. The first-order valence-corrected chi connectivity index (χ1v) is 14.7. The molecule has 1 N–H and O–H groups in total. The lowest BCUT2D eigenvalue weighted by Gasteiger charge is -2.33. The van der Waals surface area contributed by atoms with E-state index in [0.29, 0.717) is 18.7 Å². The maximum Gasteiger partial charge on any atom is 0.244 e. The minimum absolute atomic E-state index is 0.141. The molecule has 3 aromatic carbocycles. The molecule has 37 heavy (non-hydrogen) atoms. The van der Waals surface area contributed by atoms with Gasteiger partial charge in [-0.15, -0.1) is 0 Å². The van der Waals surface area contributed by atoms with Crippen LogP contribution in [0.25, 0.3) is 0 Å². The molecule has 0 spiro atoms. The number of nitrogens with one attached hydrogen (secondary N) is 1. The monoisotopic (exact) mass is 585 g/mol. The van der Waals surface area contributed by atoms with Crippen molar-refractivity contribution in [1.29, 1.82) is 0 Å². The van der Waals surface area contributed by atoms with E-state index in [9.17, 15) is 18.0 Å². The van der Waals surface area contributed by atoms with Crippen LogP contribution in [0.1, 0.15) is 24.5 Å². The van der Waals surface area contributed by atoms with Gasteiger partial charge in [-0.3, -0.25) is 13.9 Å². The van der Waals surface area contributed by atoms with Crippen molar-refractivity contribution in [1.82, 2.24) is 10.2 Å². The minimum Gasteiger partial charge on any atom is -0.354 e. The van der Waals surface area contributed by atoms with Gasteiger partial charge in [-0.1, -0.05) is 83.5 Å². The second kappa shape index (κ2) is 13.4. The van der Waals surface area contributed by atoms with Gasteiger partial charge in [-0.05, 0) is 41.8 Å². The van der Waals surface area contributed by atoms with Crippen LogP contribution in [0.3, 0.4) is 0 Å². The highest BCUT2D eigenvalue weighted by Crippen LogP contribution is 2.21. The Morgan fingerprint density at radius 3 is 2.14 bits per heavy atom. The van der Waals surface area contributed by atoms with Gasteiger partial charge in [0.25, 0.3) is 0 Å². The summed E-state index contributed by atoms with van der Waals surface area (Å²) in [4.78, 5) is 28.8. The van der Waals surface area contributed by atoms with E-state index in [1.54, 1.807) is 30.3 Å². The lowest BCUT2D eigenvalue weighted by atomic mass is 10.0. The SMILES string of the molecule is CCCNC(=O)[C@@H](Cc1ccccc1)N(Cc1cccc(Br)c1)C(=O)CN(c1ccccc1)S(C)(=O)=O. The topological polar surface area (TPSA) is 86.8 Å². The number of sulfonamides is 1. The molecular weight excluding hydrogens is 554 g/mol. The van der Waals surface area contributed by atoms with Crippen molar-refractivity contribution >= 4 is 43.5 Å². The van der Waals surface area contributed by atoms with E-state index in [2.05, 4.69) is 21.2 Å². The lowest BCUT2D eigenvalue weighted by Crippen LogP contribution is -2.53. The molecular formula is C28H32BrN3O4S. The highest BCUT2D eigenvalue weighted by Gasteiger charge is 2.32. The predicted molar refractivity (Wildman–Crippen MR) is 151 cm³/mol. The average Bonchev–Trinajstić information content (AvgIpc) is 2.88. The van der Waals surface area contributed by atoms with Crippen molar-refractivity contribution < 1.29 is 18.0 Å². The Labute approximate surface area is 227 Å². The predicted octanol–water partition coefficient (Wildman–Crippen LogP) is 4.38. The van der Waals surface area contributed by atoms with Gasteiger partial charge in [0.05, 0.1) is 11.9 Å². The van der Waals surface area contributed by atoms with Gasteiger partial charge < -0.3 is 10.2 Å². The molecule has 0 saturated carbocycles. The molecule has 0 aliphatic carbocycles. The second-order valence-electron chi connectivity index (χ2n) is 8.75. The quantitative estimate of drug-likeness (QED) is 0.342. The Morgan fingerprint density at radius 1 is 0.919 bits per heavy atom. The fourth-order valence-corrected chi connectivity index (χ4v) is 5.26. The first-order chi connectivity index (χ1) is 17.7. The summed E-state index contributed by atoms with van der Waals surface area (Å²) in [6, 6.07) is 24.6. The number of para-hydroxylation sites is 1. The molecule has 0 heterocycles. The summed E-state index contributed by atoms with van der Waals surface area (Å²) < 4.78 is 27.3. The minimum atomic E-state index is -3.77. The molecule has 0 aliphatic heterocycles. The Morgan fingerprint density at radius 2 is 1.54 bits per heavy atom. The summed E-state index contributed by atoms with van der Waals surface area (Å²) in [6.07, 6.45) is 2.11. The van der Waals surface area contributed by atoms with Gasteiger partial charge in [0.15, 0.2) is 0 Å². The van der Waals surface area contributed by atoms with Crippen LogP contribution in [0.15, 0.2) is 89.4 Å². The molecule has 9 heteroatoms. The highest BCUT2D eigenvalue weighted by atomic mass is 79.9. The third kappa shape index (κ3) is 8.43. The molecule has 0 unspecified atom stereocenters. The van der Waals surface area contributed by atoms with Gasteiger partial charge in [-0.2, -0.15) is 0 Å². The van der Waals surface area contributed by atoms with Crippen LogP contribution in [0.5, 0.6) is 0 Å². The normalized spacial score (nSPS) is 12.0. The Balaban J connectivity index is 2.02. The number of hydrogen-bond acceptors (Lipinski definition) is 4. The van der Waals surface area contributed by atoms with Crippen LogP contribution in [0.2, 0.25) is 0 Å². The molecule has 3 rings (SSSR count). The Bertz CT molecular complexity index is 1290. The van der Waals surface area contributed by atoms with E-state index in [-0.39, 0.29) is 12.5 Å². The van der Waals surface area contributed by atoms with Gasteiger partial charge in [0.2, 0.25) is 21.8 Å². The standard InChI is InChI=1S/C28H32BrN3O4S/c1-3-17-30-28(34)26(19-22-11-6-4-7-12-22)31(20-23-13-10-14-24(29)18-23)27(33)21-32(37(2,35)36)25-15-8-5-9-16-25/h4-16,18,26H,3,17,19-21H2,1-2H3,(H,30,34)/t26-/m1/s1. The van der Waals surface area contributed by atoms with Gasteiger partial charge in [0.1, 0.15) is 12.6 Å². The molecule has 0 radical (unpaired) electrons. The number of hydrogen-bond donors (Lipinski definition) is 1. The number of benzene rings is 3. The third-order valence-electron chi connectivity index (χ3n) is 5.79. The molecule has 7 nitrogen and oxygen atoms in total. The summed E-state index contributed by atoms with van der Waals surface area (Å²) in [5.74, 6) is -0.749. The average molecular weight is 587 g/mol. The smallest absolute Gasteiger partial charge is 0.244 e. The Kier molecular flexibility index (Phi) is 10.3. The van der Waals surface area contributed by atoms with Gasteiger partial charge in [0, 0.05) is 24.0 Å². The fourth-order valence-electron chi connectivity index (χ4n) is 3.96. The Hall–Kier alpha value is -3.17. The largest absolute Gasteiger partial charge is 0.354 e. The van der Waals surface area contributed by atoms with E-state index in [4.69, 9.17) is 0 Å². The van der Waals surface area contributed by atoms with E-state index in [1.807, 2.05) is 61.5 Å². The molecule has 2 amide bonds. The van der Waals surface area contributed by atoms with Crippen LogP contribution < -0.4 is 9.62 Å². The van der Waals surface area contributed by atoms with E-state index in [0.717, 1.165) is 32.6 Å². The van der Waals surface area contributed by atoms with Gasteiger partial charge >= 0.3 is 0 Å². The first-order valence-electron chi connectivity index (χ1n) is 12.1. The maximum absolute atomic E-state index is 13.9. The number of amides is 2. The maximum atomic E-state index is 13.9. The van der Waals surface area contributed by atoms with Crippen molar-refractivity contribution in [2.75, 3.05) is 23.7 Å². The third-order valence-corrected chi connectivity index (χ3v) is 7.42. The van der Waals surface area contributed by atoms with Crippen LogP contribution >= 0.6 is 15.9 Å². The molecule has 0 bridgehead atoms. The highest BCUT2D eigenvalue weighted by molar-refractivity contribution is 9.10. The molecule has 0 fully saturated rings. The summed E-state index contributed by atoms with van der Waals surface area (Å²) in [7, 11) is -3.77. The van der Waals surface area contributed by atoms with E-state index in [1.165, 1.54) is 4.90 Å². The second-order valence-corrected chi connectivity index (χ2v) is 11.6. The number of rotatable bonds is 12. The number of halogens is 1. The zero-order chi connectivity index (χ0) is 26.8. The van der Waals surface area contributed by atoms with Crippen LogP contribution in [0.4, 0.5) is 5.69 Å². The number of anilines is 1. The molecule has 3 aromatic rings. The van der Waals surface area contributed by atoms with E-state index < -0.39 is 28.5 Å². The van der Waals surface area contributed by atoms with Crippen LogP contribution in [-0.4, -0.2) is 50.5 Å². The summed E-state index contributed by atoms with van der Waals surface area (Å²) in [5.41, 5.74) is 2.10. The van der Waals surface area contributed by atoms with Crippen molar-refractivity contribution in [3.63, 3.8) is 0 Å². The first kappa shape index (κ1) is 28.4. The molecule has 196 valence electrons. The fraction of sp³-hybridized carbons (Fsp3) is 0.286. The molecule has 0 aliphatic rings. The molecule has 1 atom stereocenters. The van der Waals surface area contributed by atoms with Crippen LogP contribution in [0, 0.1) is 0 Å². The number of nitrogens with zero attached hydrogens (tertiary/aromatic N) is 2. The lowest BCUT2D eigenvalue weighted by molar-refractivity contribution is -0.140. The van der Waals surface area contributed by atoms with Crippen molar-refractivity contribution in [3.8, 4) is 0 Å².